The molecule has 0 aliphatic rings. The van der Waals surface area contributed by atoms with Crippen LogP contribution >= 0.6 is 7.60 Å². The Labute approximate surface area is 97.7 Å². The first-order chi connectivity index (χ1) is 7.98. The molecule has 5 heteroatoms. The molecule has 1 atom stereocenters. The second-order valence-electron chi connectivity index (χ2n) is 3.08. The molecule has 0 radical (unpaired) electrons. The van der Waals surface area contributed by atoms with Crippen molar-refractivity contribution in [1.82, 2.24) is 0 Å². The van der Waals surface area contributed by atoms with E-state index in [2.05, 4.69) is 0 Å². The van der Waals surface area contributed by atoms with Crippen molar-refractivity contribution in [2.75, 3.05) is 13.2 Å². The lowest BCUT2D eigenvalue weighted by Crippen LogP contribution is -2.14. The molecule has 0 fully saturated rings. The molecule has 4 nitrogen and oxygen atoms in total. The largest absolute Gasteiger partial charge is 0.351 e. The first-order valence-electron chi connectivity index (χ1n) is 5.71. The second kappa shape index (κ2) is 6.16. The number of rotatable bonds is 6. The van der Waals surface area contributed by atoms with Gasteiger partial charge in [0.15, 0.2) is 0 Å². The first kappa shape index (κ1) is 11.8. The molecule has 0 spiro atoms. The fourth-order valence-corrected chi connectivity index (χ4v) is 2.78. The number of nitrogens with two attached hydrogens (primary N) is 1. The van der Waals surface area contributed by atoms with E-state index < -0.39 is 13.4 Å². The summed E-state index contributed by atoms with van der Waals surface area (Å²) in [6.07, 6.45) is 0. The van der Waals surface area contributed by atoms with E-state index in [0.717, 1.165) is 0 Å². The molecule has 0 unspecified atom stereocenters. The minimum atomic E-state index is -3.70. The molecular weight excluding hydrogens is 225 g/mol. The van der Waals surface area contributed by atoms with Gasteiger partial charge in [0, 0.05) is 0 Å². The molecule has 0 saturated heterocycles. The third kappa shape index (κ3) is 3.16. The highest BCUT2D eigenvalue weighted by molar-refractivity contribution is 7.54. The minimum absolute atomic E-state index is 0.182. The third-order valence-electron chi connectivity index (χ3n) is 1.96. The van der Waals surface area contributed by atoms with Gasteiger partial charge in [0.25, 0.3) is 0 Å². The summed E-state index contributed by atoms with van der Waals surface area (Å²) in [5.41, 5.74) is 6.25. The molecule has 90 valence electrons. The fraction of sp³-hybridized carbons (Fsp3) is 0.455. The Morgan fingerprint density at radius 2 is 1.81 bits per heavy atom. The van der Waals surface area contributed by atoms with Gasteiger partial charge in [0.05, 0.1) is 14.6 Å². The van der Waals surface area contributed by atoms with Crippen molar-refractivity contribution in [2.45, 2.75) is 19.6 Å². The van der Waals surface area contributed by atoms with E-state index in [1.165, 1.54) is 0 Å². The predicted molar refractivity (Wildman–Crippen MR) is 64.2 cm³/mol. The molecule has 0 bridgehead atoms. The maximum Gasteiger partial charge on any atom is 0.351 e. The Kier molecular flexibility index (Phi) is 4.55. The van der Waals surface area contributed by atoms with Gasteiger partial charge in [0.1, 0.15) is 5.76 Å². The zero-order valence-corrected chi connectivity index (χ0v) is 10.4. The number of benzene rings is 1. The number of hydrogen-bond donors (Lipinski definition) is 1. The Hall–Kier alpha value is -0.670. The lowest BCUT2D eigenvalue weighted by Gasteiger charge is -2.23. The predicted octanol–water partition coefficient (Wildman–Crippen LogP) is 2.91. The van der Waals surface area contributed by atoms with Crippen LogP contribution < -0.4 is 5.73 Å². The Balaban J connectivity index is 3.13. The standard InChI is InChI=1S/C11H18NO3P/c1-3-14-16(13,15-4-2)11(12)10-8-6-5-7-9-10/h5-9,11H,3-4,12H2,1-2H3/t11-/m0/s1/i11D. The van der Waals surface area contributed by atoms with Crippen LogP contribution in [0.3, 0.4) is 0 Å². The molecule has 16 heavy (non-hydrogen) atoms. The van der Waals surface area contributed by atoms with Crippen molar-refractivity contribution in [2.24, 2.45) is 5.73 Å². The summed E-state index contributed by atoms with van der Waals surface area (Å²) in [5, 5.41) is 0. The van der Waals surface area contributed by atoms with Gasteiger partial charge in [-0.1, -0.05) is 30.3 Å². The zero-order chi connectivity index (χ0) is 12.9. The quantitative estimate of drug-likeness (QED) is 0.781. The van der Waals surface area contributed by atoms with Crippen molar-refractivity contribution in [3.8, 4) is 0 Å². The summed E-state index contributed by atoms with van der Waals surface area (Å²) in [6, 6.07) is 8.53. The lowest BCUT2D eigenvalue weighted by molar-refractivity contribution is 0.212. The van der Waals surface area contributed by atoms with Crippen LogP contribution in [0.4, 0.5) is 0 Å². The van der Waals surface area contributed by atoms with E-state index in [1.54, 1.807) is 44.2 Å². The molecule has 2 N–H and O–H groups in total. The van der Waals surface area contributed by atoms with Crippen LogP contribution in [0.15, 0.2) is 30.3 Å². The molecule has 0 heterocycles. The van der Waals surface area contributed by atoms with Crippen LogP contribution in [0.1, 0.15) is 26.5 Å². The summed E-state index contributed by atoms with van der Waals surface area (Å²) < 4.78 is 30.8. The molecule has 1 rings (SSSR count). The minimum Gasteiger partial charge on any atom is -0.314 e. The molecular formula is C11H18NO3P. The molecule has 1 aromatic carbocycles. The van der Waals surface area contributed by atoms with Gasteiger partial charge in [-0.15, -0.1) is 0 Å². The topological polar surface area (TPSA) is 61.6 Å². The van der Waals surface area contributed by atoms with Crippen molar-refractivity contribution >= 4 is 7.60 Å². The molecule has 0 aliphatic carbocycles. The van der Waals surface area contributed by atoms with Crippen molar-refractivity contribution < 1.29 is 15.0 Å². The summed E-state index contributed by atoms with van der Waals surface area (Å²) in [5.74, 6) is -1.89. The zero-order valence-electron chi connectivity index (χ0n) is 10.6. The Morgan fingerprint density at radius 3 is 2.25 bits per heavy atom. The van der Waals surface area contributed by atoms with Crippen molar-refractivity contribution in [3.63, 3.8) is 0 Å². The highest BCUT2D eigenvalue weighted by atomic mass is 31.2. The van der Waals surface area contributed by atoms with Gasteiger partial charge in [-0.2, -0.15) is 0 Å². The lowest BCUT2D eigenvalue weighted by atomic mass is 10.2. The second-order valence-corrected chi connectivity index (χ2v) is 5.08. The van der Waals surface area contributed by atoms with Crippen molar-refractivity contribution in [1.29, 1.82) is 0 Å². The van der Waals surface area contributed by atoms with Crippen LogP contribution in [0, 0.1) is 0 Å². The maximum absolute atomic E-state index is 12.5. The monoisotopic (exact) mass is 244 g/mol. The number of hydrogen-bond acceptors (Lipinski definition) is 4. The molecule has 0 saturated carbocycles. The van der Waals surface area contributed by atoms with Gasteiger partial charge in [-0.05, 0) is 19.4 Å². The highest BCUT2D eigenvalue weighted by Gasteiger charge is 2.33. The van der Waals surface area contributed by atoms with E-state index in [-0.39, 0.29) is 13.2 Å². The van der Waals surface area contributed by atoms with Crippen LogP contribution in [0.2, 0.25) is 0 Å². The van der Waals surface area contributed by atoms with Crippen molar-refractivity contribution in [3.05, 3.63) is 35.9 Å². The highest BCUT2D eigenvalue weighted by Crippen LogP contribution is 2.58. The molecule has 1 aromatic rings. The summed E-state index contributed by atoms with van der Waals surface area (Å²) >= 11 is 0. The maximum atomic E-state index is 12.5. The van der Waals surface area contributed by atoms with Gasteiger partial charge < -0.3 is 14.8 Å². The van der Waals surface area contributed by atoms with Crippen LogP contribution in [0.25, 0.3) is 0 Å². The average Bonchev–Trinajstić information content (AvgIpc) is 2.30. The normalized spacial score (nSPS) is 16.6. The van der Waals surface area contributed by atoms with E-state index in [0.29, 0.717) is 5.56 Å². The summed E-state index contributed by atoms with van der Waals surface area (Å²) in [7, 11) is -3.70. The Morgan fingerprint density at radius 1 is 1.31 bits per heavy atom. The van der Waals surface area contributed by atoms with E-state index >= 15 is 0 Å². The Bertz CT molecular complexity index is 387. The SMILES string of the molecule is [2H][C@@](N)(c1ccccc1)P(=O)(OCC)OCC. The van der Waals surface area contributed by atoms with Gasteiger partial charge in [-0.25, -0.2) is 0 Å². The molecule has 0 aromatic heterocycles. The molecule has 0 aliphatic heterocycles. The fourth-order valence-electron chi connectivity index (χ4n) is 1.28. The van der Waals surface area contributed by atoms with E-state index in [9.17, 15) is 4.57 Å². The van der Waals surface area contributed by atoms with Gasteiger partial charge >= 0.3 is 7.60 Å². The van der Waals surface area contributed by atoms with Gasteiger partial charge in [-0.3, -0.25) is 4.57 Å². The van der Waals surface area contributed by atoms with Crippen LogP contribution in [-0.4, -0.2) is 13.2 Å². The van der Waals surface area contributed by atoms with E-state index in [1.807, 2.05) is 0 Å². The summed E-state index contributed by atoms with van der Waals surface area (Å²) in [6.45, 7) is 3.74. The first-order valence-corrected chi connectivity index (χ1v) is 6.75. The average molecular weight is 244 g/mol. The van der Waals surface area contributed by atoms with Crippen LogP contribution in [-0.2, 0) is 13.6 Å². The van der Waals surface area contributed by atoms with Gasteiger partial charge in [0.2, 0.25) is 0 Å². The third-order valence-corrected chi connectivity index (χ3v) is 4.01. The smallest absolute Gasteiger partial charge is 0.314 e. The molecule has 0 amide bonds. The van der Waals surface area contributed by atoms with E-state index in [4.69, 9.17) is 16.2 Å². The van der Waals surface area contributed by atoms with Crippen LogP contribution in [0.5, 0.6) is 0 Å². The summed E-state index contributed by atoms with van der Waals surface area (Å²) in [4.78, 5) is 0.